The summed E-state index contributed by atoms with van der Waals surface area (Å²) in [7, 11) is 1.85. The van der Waals surface area contributed by atoms with Crippen LogP contribution in [0.1, 0.15) is 54.2 Å². The molecule has 4 rings (SSSR count). The van der Waals surface area contributed by atoms with Crippen LogP contribution in [0.15, 0.2) is 24.3 Å². The van der Waals surface area contributed by atoms with Crippen molar-refractivity contribution in [2.24, 2.45) is 7.05 Å². The zero-order chi connectivity index (χ0) is 18.6. The largest absolute Gasteiger partial charge is 0.369 e. The fourth-order valence-corrected chi connectivity index (χ4v) is 4.42. The lowest BCUT2D eigenvalue weighted by Gasteiger charge is -2.48. The Morgan fingerprint density at radius 1 is 1.31 bits per heavy atom. The number of carbonyl (C=O) groups excluding carboxylic acids is 1. The van der Waals surface area contributed by atoms with Gasteiger partial charge in [-0.2, -0.15) is 5.10 Å². The van der Waals surface area contributed by atoms with E-state index in [9.17, 15) is 9.18 Å². The minimum Gasteiger partial charge on any atom is -0.369 e. The summed E-state index contributed by atoms with van der Waals surface area (Å²) in [5, 5.41) is 4.49. The molecular formula is C20H24FN3O2. The van der Waals surface area contributed by atoms with E-state index in [1.165, 1.54) is 6.07 Å². The molecule has 0 N–H and O–H groups in total. The molecule has 1 aromatic carbocycles. The Hall–Kier alpha value is -2.21. The number of likely N-dealkylation sites (tertiary alicyclic amines) is 1. The van der Waals surface area contributed by atoms with Gasteiger partial charge in [-0.25, -0.2) is 4.39 Å². The van der Waals surface area contributed by atoms with Crippen molar-refractivity contribution in [3.8, 4) is 0 Å². The van der Waals surface area contributed by atoms with Crippen molar-refractivity contribution in [3.05, 3.63) is 52.6 Å². The number of carbonyl (C=O) groups is 1. The van der Waals surface area contributed by atoms with E-state index in [1.54, 1.807) is 21.7 Å². The molecule has 26 heavy (non-hydrogen) atoms. The van der Waals surface area contributed by atoms with Gasteiger partial charge < -0.3 is 9.64 Å². The highest BCUT2D eigenvalue weighted by Gasteiger charge is 2.45. The highest BCUT2D eigenvalue weighted by Crippen LogP contribution is 2.38. The van der Waals surface area contributed by atoms with Crippen LogP contribution in [-0.4, -0.2) is 39.8 Å². The number of aromatic nitrogens is 2. The van der Waals surface area contributed by atoms with Crippen molar-refractivity contribution in [2.75, 3.05) is 13.1 Å². The van der Waals surface area contributed by atoms with Gasteiger partial charge in [-0.1, -0.05) is 25.1 Å². The first kappa shape index (κ1) is 17.2. The highest BCUT2D eigenvalue weighted by atomic mass is 19.1. The smallest absolute Gasteiger partial charge is 0.274 e. The van der Waals surface area contributed by atoms with E-state index in [0.29, 0.717) is 30.8 Å². The van der Waals surface area contributed by atoms with Crippen molar-refractivity contribution >= 4 is 5.91 Å². The highest BCUT2D eigenvalue weighted by molar-refractivity contribution is 5.95. The minimum absolute atomic E-state index is 0.0633. The normalized spacial score (nSPS) is 24.1. The number of fused-ring (bicyclic) bond motifs is 1. The molecular weight excluding hydrogens is 333 g/mol. The van der Waals surface area contributed by atoms with E-state index < -0.39 is 0 Å². The van der Waals surface area contributed by atoms with Gasteiger partial charge in [0.05, 0.1) is 17.9 Å². The number of aryl methyl sites for hydroxylation is 1. The number of hydrogen-bond donors (Lipinski definition) is 0. The lowest BCUT2D eigenvalue weighted by atomic mass is 9.75. The molecule has 0 bridgehead atoms. The molecule has 138 valence electrons. The lowest BCUT2D eigenvalue weighted by Crippen LogP contribution is -2.60. The second-order valence-electron chi connectivity index (χ2n) is 7.83. The van der Waals surface area contributed by atoms with Crippen LogP contribution in [0.4, 0.5) is 4.39 Å². The molecule has 1 amide bonds. The first-order valence-corrected chi connectivity index (χ1v) is 9.05. The molecule has 5 nitrogen and oxygen atoms in total. The Kier molecular flexibility index (Phi) is 3.91. The van der Waals surface area contributed by atoms with Gasteiger partial charge in [-0.05, 0) is 25.5 Å². The number of hydrogen-bond acceptors (Lipinski definition) is 3. The van der Waals surface area contributed by atoms with Gasteiger partial charge in [0.1, 0.15) is 5.82 Å². The van der Waals surface area contributed by atoms with Crippen molar-refractivity contribution in [2.45, 2.75) is 44.8 Å². The topological polar surface area (TPSA) is 47.4 Å². The van der Waals surface area contributed by atoms with Crippen LogP contribution in [0.25, 0.3) is 0 Å². The monoisotopic (exact) mass is 357 g/mol. The van der Waals surface area contributed by atoms with E-state index >= 15 is 0 Å². The molecule has 0 spiro atoms. The third-order valence-corrected chi connectivity index (χ3v) is 5.60. The first-order valence-electron chi connectivity index (χ1n) is 9.05. The predicted molar refractivity (Wildman–Crippen MR) is 95.5 cm³/mol. The molecule has 2 aromatic rings. The zero-order valence-electron chi connectivity index (χ0n) is 15.6. The van der Waals surface area contributed by atoms with Crippen LogP contribution in [0, 0.1) is 5.82 Å². The summed E-state index contributed by atoms with van der Waals surface area (Å²) in [6, 6.07) is 6.81. The van der Waals surface area contributed by atoms with Gasteiger partial charge in [0, 0.05) is 37.5 Å². The number of nitrogens with zero attached hydrogens (tertiary/aromatic N) is 3. The number of benzene rings is 1. The van der Waals surface area contributed by atoms with Gasteiger partial charge in [-0.15, -0.1) is 0 Å². The maximum absolute atomic E-state index is 14.1. The lowest BCUT2D eigenvalue weighted by molar-refractivity contribution is -0.00915. The molecule has 1 aromatic heterocycles. The summed E-state index contributed by atoms with van der Waals surface area (Å²) in [5.41, 5.74) is 2.80. The summed E-state index contributed by atoms with van der Waals surface area (Å²) in [6.07, 6.45) is 0.675. The van der Waals surface area contributed by atoms with Crippen LogP contribution >= 0.6 is 0 Å². The Labute approximate surface area is 152 Å². The average molecular weight is 357 g/mol. The number of halogens is 1. The van der Waals surface area contributed by atoms with Crippen LogP contribution in [0.5, 0.6) is 0 Å². The van der Waals surface area contributed by atoms with E-state index in [-0.39, 0.29) is 29.3 Å². The molecule has 0 aliphatic carbocycles. The molecule has 2 aliphatic rings. The third kappa shape index (κ3) is 2.55. The van der Waals surface area contributed by atoms with Gasteiger partial charge in [-0.3, -0.25) is 9.48 Å². The van der Waals surface area contributed by atoms with Crippen LogP contribution < -0.4 is 0 Å². The van der Waals surface area contributed by atoms with E-state index in [4.69, 9.17) is 4.74 Å². The fraction of sp³-hybridized carbons (Fsp3) is 0.500. The number of amides is 1. The molecule has 2 aliphatic heterocycles. The Morgan fingerprint density at radius 3 is 2.69 bits per heavy atom. The SMILES string of the molecule is C[C@@H]1Cc2c(C(=O)N3CC(C)(c4ccccc4F)C3)nn(C)c2[C@H](C)O1. The molecule has 2 atom stereocenters. The first-order chi connectivity index (χ1) is 12.3. The summed E-state index contributed by atoms with van der Waals surface area (Å²) < 4.78 is 21.8. The van der Waals surface area contributed by atoms with Crippen molar-refractivity contribution in [1.82, 2.24) is 14.7 Å². The summed E-state index contributed by atoms with van der Waals surface area (Å²) in [4.78, 5) is 14.8. The molecule has 0 saturated carbocycles. The van der Waals surface area contributed by atoms with Crippen molar-refractivity contribution in [3.63, 3.8) is 0 Å². The summed E-state index contributed by atoms with van der Waals surface area (Å²) >= 11 is 0. The zero-order valence-corrected chi connectivity index (χ0v) is 15.6. The summed E-state index contributed by atoms with van der Waals surface area (Å²) in [5.74, 6) is -0.283. The van der Waals surface area contributed by atoms with Gasteiger partial charge >= 0.3 is 0 Å². The maximum Gasteiger partial charge on any atom is 0.274 e. The van der Waals surface area contributed by atoms with Crippen LogP contribution in [0.3, 0.4) is 0 Å². The molecule has 1 fully saturated rings. The van der Waals surface area contributed by atoms with Crippen molar-refractivity contribution in [1.29, 1.82) is 0 Å². The molecule has 1 saturated heterocycles. The quantitative estimate of drug-likeness (QED) is 0.830. The average Bonchev–Trinajstić information content (AvgIpc) is 2.88. The molecule has 0 radical (unpaired) electrons. The molecule has 3 heterocycles. The summed E-state index contributed by atoms with van der Waals surface area (Å²) in [6.45, 7) is 7.00. The number of rotatable bonds is 2. The third-order valence-electron chi connectivity index (χ3n) is 5.60. The van der Waals surface area contributed by atoms with E-state index in [0.717, 1.165) is 11.3 Å². The second kappa shape index (κ2) is 5.91. The predicted octanol–water partition coefficient (Wildman–Crippen LogP) is 3.00. The maximum atomic E-state index is 14.1. The van der Waals surface area contributed by atoms with Crippen LogP contribution in [-0.2, 0) is 23.6 Å². The van der Waals surface area contributed by atoms with Gasteiger partial charge in [0.15, 0.2) is 5.69 Å². The Balaban J connectivity index is 1.58. The van der Waals surface area contributed by atoms with Crippen molar-refractivity contribution < 1.29 is 13.9 Å². The Morgan fingerprint density at radius 2 is 2.00 bits per heavy atom. The van der Waals surface area contributed by atoms with Gasteiger partial charge in [0.25, 0.3) is 5.91 Å². The van der Waals surface area contributed by atoms with Gasteiger partial charge in [0.2, 0.25) is 0 Å². The van der Waals surface area contributed by atoms with E-state index in [1.807, 2.05) is 33.9 Å². The fourth-order valence-electron chi connectivity index (χ4n) is 4.42. The minimum atomic E-state index is -0.348. The number of ether oxygens (including phenoxy) is 1. The van der Waals surface area contributed by atoms with E-state index in [2.05, 4.69) is 5.10 Å². The Bertz CT molecular complexity index is 870. The molecule has 0 unspecified atom stereocenters. The molecule has 6 heteroatoms. The second-order valence-corrected chi connectivity index (χ2v) is 7.83. The standard InChI is InChI=1S/C20H24FN3O2/c1-12-9-14-17(22-23(4)18(14)13(2)26-12)19(25)24-10-20(3,11-24)15-7-5-6-8-16(15)21/h5-8,12-13H,9-11H2,1-4H3/t12-,13+/m1/s1. The van der Waals surface area contributed by atoms with Crippen LogP contribution in [0.2, 0.25) is 0 Å².